The zero-order valence-corrected chi connectivity index (χ0v) is 9.00. The van der Waals surface area contributed by atoms with Crippen LogP contribution in [0.1, 0.15) is 5.56 Å². The van der Waals surface area contributed by atoms with Crippen molar-refractivity contribution in [2.45, 2.75) is 5.33 Å². The van der Waals surface area contributed by atoms with Gasteiger partial charge in [-0.2, -0.15) is 0 Å². The first-order valence-electron chi connectivity index (χ1n) is 2.99. The van der Waals surface area contributed by atoms with Gasteiger partial charge in [-0.3, -0.25) is 15.1 Å². The molecule has 0 aliphatic rings. The molecule has 0 aliphatic heterocycles. The van der Waals surface area contributed by atoms with Crippen molar-refractivity contribution in [2.75, 3.05) is 0 Å². The summed E-state index contributed by atoms with van der Waals surface area (Å²) in [6.45, 7) is 0. The van der Waals surface area contributed by atoms with E-state index in [0.29, 0.717) is 9.80 Å². The van der Waals surface area contributed by atoms with Gasteiger partial charge in [0.25, 0.3) is 0 Å². The Hall–Kier alpha value is -0.490. The van der Waals surface area contributed by atoms with Gasteiger partial charge in [0.1, 0.15) is 10.7 Å². The molecule has 0 saturated carbocycles. The normalized spacial score (nSPS) is 9.83. The predicted octanol–water partition coefficient (Wildman–Crippen LogP) is 2.65. The number of pyridine rings is 1. The van der Waals surface area contributed by atoms with E-state index < -0.39 is 4.92 Å². The van der Waals surface area contributed by atoms with E-state index in [1.165, 1.54) is 6.20 Å². The molecule has 0 aliphatic carbocycles. The van der Waals surface area contributed by atoms with Gasteiger partial charge in [-0.25, -0.2) is 0 Å². The number of hydrogen-bond donors (Lipinski definition) is 0. The van der Waals surface area contributed by atoms with Crippen molar-refractivity contribution < 1.29 is 4.92 Å². The Morgan fingerprint density at radius 1 is 1.58 bits per heavy atom. The van der Waals surface area contributed by atoms with Crippen LogP contribution in [-0.4, -0.2) is 9.91 Å². The second kappa shape index (κ2) is 3.95. The van der Waals surface area contributed by atoms with Gasteiger partial charge in [0.15, 0.2) is 0 Å². The molecule has 0 bridgehead atoms. The van der Waals surface area contributed by atoms with Crippen LogP contribution in [0.4, 0.5) is 5.69 Å². The summed E-state index contributed by atoms with van der Waals surface area (Å²) >= 11 is 6.33. The second-order valence-corrected chi connectivity index (χ2v) is 3.38. The van der Waals surface area contributed by atoms with Crippen LogP contribution in [0.25, 0.3) is 0 Å². The Morgan fingerprint density at radius 2 is 2.25 bits per heavy atom. The summed E-state index contributed by atoms with van der Waals surface area (Å²) in [7, 11) is 0. The molecular weight excluding hydrogens is 292 g/mol. The van der Waals surface area contributed by atoms with Crippen molar-refractivity contribution in [1.29, 1.82) is 0 Å². The van der Waals surface area contributed by atoms with E-state index in [0.717, 1.165) is 5.56 Å². The van der Waals surface area contributed by atoms with Gasteiger partial charge in [-0.15, -0.1) is 0 Å². The molecule has 0 aromatic carbocycles. The van der Waals surface area contributed by atoms with Crippen molar-refractivity contribution in [3.05, 3.63) is 32.5 Å². The first-order valence-corrected chi connectivity index (χ1v) is 4.91. The third-order valence-corrected chi connectivity index (χ3v) is 2.79. The quantitative estimate of drug-likeness (QED) is 0.479. The van der Waals surface area contributed by atoms with Crippen LogP contribution in [0.5, 0.6) is 0 Å². The number of aromatic nitrogens is 1. The molecule has 12 heavy (non-hydrogen) atoms. The van der Waals surface area contributed by atoms with Gasteiger partial charge in [0.2, 0.25) is 0 Å². The van der Waals surface area contributed by atoms with Gasteiger partial charge in [-0.05, 0) is 15.9 Å². The molecule has 6 heteroatoms. The van der Waals surface area contributed by atoms with Crippen molar-refractivity contribution in [3.8, 4) is 0 Å². The van der Waals surface area contributed by atoms with E-state index in [-0.39, 0.29) is 5.69 Å². The average Bonchev–Trinajstić information content (AvgIpc) is 2.04. The van der Waals surface area contributed by atoms with Crippen LogP contribution in [0.2, 0.25) is 0 Å². The summed E-state index contributed by atoms with van der Waals surface area (Å²) in [6.07, 6.45) is 2.79. The summed E-state index contributed by atoms with van der Waals surface area (Å²) in [5, 5.41) is 11.0. The first-order chi connectivity index (χ1) is 5.66. The van der Waals surface area contributed by atoms with Crippen molar-refractivity contribution >= 4 is 37.5 Å². The molecule has 4 nitrogen and oxygen atoms in total. The maximum Gasteiger partial charge on any atom is 0.301 e. The Kier molecular flexibility index (Phi) is 3.16. The molecule has 1 aromatic heterocycles. The van der Waals surface area contributed by atoms with Gasteiger partial charge in [0.05, 0.1) is 4.92 Å². The van der Waals surface area contributed by atoms with Crippen LogP contribution in [0.15, 0.2) is 16.9 Å². The predicted molar refractivity (Wildman–Crippen MR) is 51.2 cm³/mol. The molecule has 1 rings (SSSR count). The molecule has 0 atom stereocenters. The lowest BCUT2D eigenvalue weighted by atomic mass is 10.3. The number of nitrogens with zero attached hydrogens (tertiary/aromatic N) is 2. The SMILES string of the molecule is O=[N+]([O-])c1cncc(CBr)c1Br. The molecule has 0 unspecified atom stereocenters. The molecule has 0 N–H and O–H groups in total. The van der Waals surface area contributed by atoms with E-state index in [4.69, 9.17) is 0 Å². The zero-order valence-electron chi connectivity index (χ0n) is 5.83. The third kappa shape index (κ3) is 1.81. The number of halogens is 2. The highest BCUT2D eigenvalue weighted by molar-refractivity contribution is 9.11. The van der Waals surface area contributed by atoms with Gasteiger partial charge >= 0.3 is 5.69 Å². The highest BCUT2D eigenvalue weighted by Crippen LogP contribution is 2.28. The van der Waals surface area contributed by atoms with Crippen LogP contribution < -0.4 is 0 Å². The van der Waals surface area contributed by atoms with E-state index in [9.17, 15) is 10.1 Å². The fraction of sp³-hybridized carbons (Fsp3) is 0.167. The maximum absolute atomic E-state index is 10.4. The Labute approximate surface area is 85.4 Å². The minimum Gasteiger partial charge on any atom is -0.258 e. The summed E-state index contributed by atoms with van der Waals surface area (Å²) in [6, 6.07) is 0. The molecule has 0 spiro atoms. The van der Waals surface area contributed by atoms with Crippen LogP contribution in [0, 0.1) is 10.1 Å². The Bertz CT molecular complexity index is 316. The largest absolute Gasteiger partial charge is 0.301 e. The van der Waals surface area contributed by atoms with E-state index in [1.807, 2.05) is 0 Å². The number of alkyl halides is 1. The lowest BCUT2D eigenvalue weighted by molar-refractivity contribution is -0.386. The van der Waals surface area contributed by atoms with Gasteiger partial charge in [-0.1, -0.05) is 15.9 Å². The molecule has 1 aromatic rings. The maximum atomic E-state index is 10.4. The highest BCUT2D eigenvalue weighted by Gasteiger charge is 2.14. The topological polar surface area (TPSA) is 56.0 Å². The Morgan fingerprint density at radius 3 is 2.75 bits per heavy atom. The minimum absolute atomic E-state index is 0.00745. The Balaban J connectivity index is 3.23. The minimum atomic E-state index is -0.469. The van der Waals surface area contributed by atoms with Crippen LogP contribution in [-0.2, 0) is 5.33 Å². The van der Waals surface area contributed by atoms with E-state index in [1.54, 1.807) is 6.20 Å². The van der Waals surface area contributed by atoms with Crippen molar-refractivity contribution in [2.24, 2.45) is 0 Å². The van der Waals surface area contributed by atoms with Gasteiger partial charge in [0, 0.05) is 17.1 Å². The number of rotatable bonds is 2. The second-order valence-electron chi connectivity index (χ2n) is 2.02. The van der Waals surface area contributed by atoms with Crippen molar-refractivity contribution in [1.82, 2.24) is 4.98 Å². The molecule has 64 valence electrons. The number of nitro groups is 1. The smallest absolute Gasteiger partial charge is 0.258 e. The summed E-state index contributed by atoms with van der Waals surface area (Å²) < 4.78 is 0.486. The molecule has 0 saturated heterocycles. The fourth-order valence-corrected chi connectivity index (χ4v) is 1.99. The summed E-state index contributed by atoms with van der Waals surface area (Å²) in [4.78, 5) is 13.7. The van der Waals surface area contributed by atoms with E-state index >= 15 is 0 Å². The monoisotopic (exact) mass is 294 g/mol. The molecule has 0 radical (unpaired) electrons. The lowest BCUT2D eigenvalue weighted by Gasteiger charge is -1.98. The molecular formula is C6H4Br2N2O2. The van der Waals surface area contributed by atoms with Crippen LogP contribution >= 0.6 is 31.9 Å². The van der Waals surface area contributed by atoms with Gasteiger partial charge < -0.3 is 0 Å². The molecule has 1 heterocycles. The average molecular weight is 296 g/mol. The standard InChI is InChI=1S/C6H4Br2N2O2/c7-1-4-2-9-3-5(6(4)8)10(11)12/h2-3H,1H2. The van der Waals surface area contributed by atoms with Crippen molar-refractivity contribution in [3.63, 3.8) is 0 Å². The van der Waals surface area contributed by atoms with Crippen LogP contribution in [0.3, 0.4) is 0 Å². The fourth-order valence-electron chi connectivity index (χ4n) is 0.696. The first kappa shape index (κ1) is 9.60. The number of hydrogen-bond acceptors (Lipinski definition) is 3. The summed E-state index contributed by atoms with van der Waals surface area (Å²) in [5.41, 5.74) is 0.760. The third-order valence-electron chi connectivity index (χ3n) is 1.27. The molecule has 0 fully saturated rings. The zero-order chi connectivity index (χ0) is 9.14. The lowest BCUT2D eigenvalue weighted by Crippen LogP contribution is -1.93. The van der Waals surface area contributed by atoms with E-state index in [2.05, 4.69) is 36.8 Å². The summed E-state index contributed by atoms with van der Waals surface area (Å²) in [5.74, 6) is 0. The molecule has 0 amide bonds. The highest BCUT2D eigenvalue weighted by atomic mass is 79.9.